The lowest BCUT2D eigenvalue weighted by Gasteiger charge is -2.08. The fraction of sp³-hybridized carbons (Fsp3) is 0.250. The molecule has 0 saturated heterocycles. The summed E-state index contributed by atoms with van der Waals surface area (Å²) in [6.45, 7) is 1.95. The average molecular weight is 337 g/mol. The van der Waals surface area contributed by atoms with Crippen molar-refractivity contribution in [2.45, 2.75) is 24.9 Å². The van der Waals surface area contributed by atoms with Crippen LogP contribution in [0.3, 0.4) is 0 Å². The minimum absolute atomic E-state index is 0.0193. The van der Waals surface area contributed by atoms with Crippen molar-refractivity contribution in [3.63, 3.8) is 0 Å². The Kier molecular flexibility index (Phi) is 4.36. The first-order valence-electron chi connectivity index (χ1n) is 5.76. The highest BCUT2D eigenvalue weighted by Gasteiger charge is 2.18. The van der Waals surface area contributed by atoms with E-state index in [9.17, 15) is 12.8 Å². The highest BCUT2D eigenvalue weighted by atomic mass is 35.7. The van der Waals surface area contributed by atoms with Crippen molar-refractivity contribution in [3.05, 3.63) is 46.6 Å². The summed E-state index contributed by atoms with van der Waals surface area (Å²) < 4.78 is 38.0. The highest BCUT2D eigenvalue weighted by molar-refractivity contribution is 8.13. The average Bonchev–Trinajstić information content (AvgIpc) is 2.78. The minimum atomic E-state index is -3.90. The normalized spacial score (nSPS) is 11.8. The van der Waals surface area contributed by atoms with Gasteiger partial charge < -0.3 is 4.57 Å². The Morgan fingerprint density at radius 1 is 1.40 bits per heavy atom. The molecule has 0 bridgehead atoms. The SMILES string of the molecule is CCc1nc(S(=O)(=O)Cl)cn1Cc1cccc(Cl)c1F. The number of rotatable bonds is 4. The van der Waals surface area contributed by atoms with Gasteiger partial charge in [-0.25, -0.2) is 17.8 Å². The van der Waals surface area contributed by atoms with Crippen LogP contribution in [-0.2, 0) is 22.0 Å². The summed E-state index contributed by atoms with van der Waals surface area (Å²) in [5.74, 6) is -0.0243. The van der Waals surface area contributed by atoms with E-state index in [0.717, 1.165) is 0 Å². The maximum atomic E-state index is 13.9. The quantitative estimate of drug-likeness (QED) is 0.805. The molecular weight excluding hydrogens is 326 g/mol. The van der Waals surface area contributed by atoms with Gasteiger partial charge in [0.2, 0.25) is 0 Å². The van der Waals surface area contributed by atoms with Gasteiger partial charge in [-0.3, -0.25) is 0 Å². The van der Waals surface area contributed by atoms with Crippen LogP contribution < -0.4 is 0 Å². The van der Waals surface area contributed by atoms with Crippen molar-refractivity contribution >= 4 is 31.3 Å². The molecular formula is C12H11Cl2FN2O2S. The predicted molar refractivity (Wildman–Crippen MR) is 75.2 cm³/mol. The van der Waals surface area contributed by atoms with E-state index in [1.54, 1.807) is 16.7 Å². The van der Waals surface area contributed by atoms with Crippen molar-refractivity contribution < 1.29 is 12.8 Å². The molecule has 8 heteroatoms. The van der Waals surface area contributed by atoms with E-state index in [2.05, 4.69) is 4.98 Å². The van der Waals surface area contributed by atoms with Crippen LogP contribution in [0.2, 0.25) is 5.02 Å². The van der Waals surface area contributed by atoms with Gasteiger partial charge in [0.05, 0.1) is 11.6 Å². The fourth-order valence-electron chi connectivity index (χ4n) is 1.82. The maximum absolute atomic E-state index is 13.9. The first-order valence-corrected chi connectivity index (χ1v) is 8.45. The number of aromatic nitrogens is 2. The zero-order valence-corrected chi connectivity index (χ0v) is 12.8. The van der Waals surface area contributed by atoms with Crippen molar-refractivity contribution in [2.75, 3.05) is 0 Å². The first-order chi connectivity index (χ1) is 9.32. The predicted octanol–water partition coefficient (Wildman–Crippen LogP) is 3.21. The number of nitrogens with zero attached hydrogens (tertiary/aromatic N) is 2. The number of halogens is 3. The second-order valence-corrected chi connectivity index (χ2v) is 7.05. The Morgan fingerprint density at radius 3 is 2.70 bits per heavy atom. The number of benzene rings is 1. The van der Waals surface area contributed by atoms with Gasteiger partial charge in [0.15, 0.2) is 5.03 Å². The number of hydrogen-bond donors (Lipinski definition) is 0. The van der Waals surface area contributed by atoms with Gasteiger partial charge in [-0.2, -0.15) is 0 Å². The van der Waals surface area contributed by atoms with Crippen LogP contribution >= 0.6 is 22.3 Å². The number of imidazole rings is 1. The summed E-state index contributed by atoms with van der Waals surface area (Å²) in [6, 6.07) is 4.65. The summed E-state index contributed by atoms with van der Waals surface area (Å²) in [6.07, 6.45) is 1.79. The molecule has 0 radical (unpaired) electrons. The summed E-state index contributed by atoms with van der Waals surface area (Å²) in [5.41, 5.74) is 0.350. The smallest absolute Gasteiger partial charge is 0.280 e. The molecule has 20 heavy (non-hydrogen) atoms. The lowest BCUT2D eigenvalue weighted by atomic mass is 10.2. The lowest BCUT2D eigenvalue weighted by molar-refractivity contribution is 0.595. The van der Waals surface area contributed by atoms with Crippen LogP contribution in [0.1, 0.15) is 18.3 Å². The standard InChI is InChI=1S/C12H11Cl2FN2O2S/c1-2-10-16-11(20(14,18)19)7-17(10)6-8-4-3-5-9(13)12(8)15/h3-5,7H,2,6H2,1H3. The molecule has 0 spiro atoms. The molecule has 0 atom stereocenters. The third-order valence-corrected chi connectivity index (χ3v) is 4.24. The molecule has 0 amide bonds. The zero-order chi connectivity index (χ0) is 14.9. The van der Waals surface area contributed by atoms with Crippen LogP contribution in [0.4, 0.5) is 4.39 Å². The zero-order valence-electron chi connectivity index (χ0n) is 10.5. The minimum Gasteiger partial charge on any atom is -0.329 e. The van der Waals surface area contributed by atoms with Crippen molar-refractivity contribution in [1.82, 2.24) is 9.55 Å². The van der Waals surface area contributed by atoms with Gasteiger partial charge >= 0.3 is 0 Å². The van der Waals surface area contributed by atoms with Gasteiger partial charge in [-0.15, -0.1) is 0 Å². The van der Waals surface area contributed by atoms with Crippen LogP contribution in [0.5, 0.6) is 0 Å². The van der Waals surface area contributed by atoms with Gasteiger partial charge in [0, 0.05) is 28.9 Å². The summed E-state index contributed by atoms with van der Waals surface area (Å²) in [7, 11) is 1.36. The second-order valence-electron chi connectivity index (χ2n) is 4.13. The highest BCUT2D eigenvalue weighted by Crippen LogP contribution is 2.21. The molecule has 0 aliphatic carbocycles. The molecule has 2 aromatic rings. The van der Waals surface area contributed by atoms with Crippen molar-refractivity contribution in [1.29, 1.82) is 0 Å². The number of aryl methyl sites for hydroxylation is 1. The van der Waals surface area contributed by atoms with Crippen LogP contribution in [0.15, 0.2) is 29.4 Å². The van der Waals surface area contributed by atoms with Gasteiger partial charge in [-0.1, -0.05) is 30.7 Å². The molecule has 0 fully saturated rings. The molecule has 0 unspecified atom stereocenters. The van der Waals surface area contributed by atoms with E-state index >= 15 is 0 Å². The van der Waals surface area contributed by atoms with E-state index in [1.165, 1.54) is 12.3 Å². The molecule has 0 saturated carbocycles. The first kappa shape index (κ1) is 15.3. The van der Waals surface area contributed by atoms with E-state index < -0.39 is 14.9 Å². The van der Waals surface area contributed by atoms with E-state index in [0.29, 0.717) is 17.8 Å². The van der Waals surface area contributed by atoms with E-state index in [4.69, 9.17) is 22.3 Å². The van der Waals surface area contributed by atoms with Crippen molar-refractivity contribution in [3.8, 4) is 0 Å². The summed E-state index contributed by atoms with van der Waals surface area (Å²) in [5, 5.41) is -0.218. The molecule has 0 N–H and O–H groups in total. The Balaban J connectivity index is 2.43. The Morgan fingerprint density at radius 2 is 2.10 bits per heavy atom. The molecule has 1 heterocycles. The van der Waals surface area contributed by atoms with E-state index in [-0.39, 0.29) is 16.6 Å². The second kappa shape index (κ2) is 5.71. The largest absolute Gasteiger partial charge is 0.329 e. The van der Waals surface area contributed by atoms with Gasteiger partial charge in [0.1, 0.15) is 11.6 Å². The Labute approximate surface area is 125 Å². The third kappa shape index (κ3) is 3.13. The monoisotopic (exact) mass is 336 g/mol. The van der Waals surface area contributed by atoms with Crippen LogP contribution in [0.25, 0.3) is 0 Å². The molecule has 2 rings (SSSR count). The van der Waals surface area contributed by atoms with Gasteiger partial charge in [0.25, 0.3) is 9.05 Å². The van der Waals surface area contributed by atoms with E-state index in [1.807, 2.05) is 6.92 Å². The Hall–Kier alpha value is -1.11. The molecule has 4 nitrogen and oxygen atoms in total. The summed E-state index contributed by atoms with van der Waals surface area (Å²) >= 11 is 5.71. The van der Waals surface area contributed by atoms with Crippen LogP contribution in [-0.4, -0.2) is 18.0 Å². The lowest BCUT2D eigenvalue weighted by Crippen LogP contribution is -2.05. The molecule has 108 valence electrons. The summed E-state index contributed by atoms with van der Waals surface area (Å²) in [4.78, 5) is 3.94. The molecule has 1 aromatic heterocycles. The fourth-order valence-corrected chi connectivity index (χ4v) is 2.70. The third-order valence-electron chi connectivity index (χ3n) is 2.78. The van der Waals surface area contributed by atoms with Gasteiger partial charge in [-0.05, 0) is 6.07 Å². The van der Waals surface area contributed by atoms with Crippen molar-refractivity contribution in [2.24, 2.45) is 0 Å². The van der Waals surface area contributed by atoms with Crippen LogP contribution in [0, 0.1) is 5.82 Å². The number of hydrogen-bond acceptors (Lipinski definition) is 3. The molecule has 0 aliphatic heterocycles. The topological polar surface area (TPSA) is 52.0 Å². The molecule has 1 aromatic carbocycles. The Bertz CT molecular complexity index is 744. The maximum Gasteiger partial charge on any atom is 0.280 e. The molecule has 0 aliphatic rings.